The fourth-order valence-electron chi connectivity index (χ4n) is 1.79. The fraction of sp³-hybridized carbons (Fsp3) is 0.714. The van der Waals surface area contributed by atoms with E-state index in [1.165, 1.54) is 6.07 Å². The highest BCUT2D eigenvalue weighted by Crippen LogP contribution is 2.28. The van der Waals surface area contributed by atoms with Gasteiger partial charge in [-0.1, -0.05) is 0 Å². The molecule has 0 atom stereocenters. The first-order chi connectivity index (χ1) is 10.5. The molecule has 0 unspecified atom stereocenters. The second-order valence-corrected chi connectivity index (χ2v) is 7.47. The van der Waals surface area contributed by atoms with Crippen LogP contribution < -0.4 is 10.0 Å². The third-order valence-corrected chi connectivity index (χ3v) is 4.57. The molecule has 0 aromatic carbocycles. The van der Waals surface area contributed by atoms with E-state index in [9.17, 15) is 8.42 Å². The van der Waals surface area contributed by atoms with E-state index < -0.39 is 10.0 Å². The van der Waals surface area contributed by atoms with Gasteiger partial charge in [0, 0.05) is 19.7 Å². The van der Waals surface area contributed by atoms with Crippen LogP contribution in [0.25, 0.3) is 0 Å². The zero-order valence-corrected chi connectivity index (χ0v) is 13.9. The number of nitrogens with one attached hydrogen (secondary N) is 2. The maximum absolute atomic E-state index is 12.0. The highest BCUT2D eigenvalue weighted by molar-refractivity contribution is 7.89. The van der Waals surface area contributed by atoms with Gasteiger partial charge in [-0.05, 0) is 51.2 Å². The average molecular weight is 328 g/mol. The Bertz CT molecular complexity index is 556. The van der Waals surface area contributed by atoms with Gasteiger partial charge < -0.3 is 10.1 Å². The Balaban J connectivity index is 1.76. The lowest BCUT2D eigenvalue weighted by Crippen LogP contribution is -2.27. The largest absolute Gasteiger partial charge is 0.379 e. The number of ether oxygens (including phenoxy) is 1. The van der Waals surface area contributed by atoms with Crippen LogP contribution in [-0.2, 0) is 14.8 Å². The summed E-state index contributed by atoms with van der Waals surface area (Å²) in [7, 11) is -3.54. The third kappa shape index (κ3) is 5.86. The summed E-state index contributed by atoms with van der Waals surface area (Å²) in [6, 6.07) is 3.09. The van der Waals surface area contributed by atoms with Crippen molar-refractivity contribution in [2.24, 2.45) is 5.92 Å². The van der Waals surface area contributed by atoms with Gasteiger partial charge in [-0.3, -0.25) is 0 Å². The van der Waals surface area contributed by atoms with E-state index in [2.05, 4.69) is 20.2 Å². The molecule has 22 heavy (non-hydrogen) atoms. The van der Waals surface area contributed by atoms with Gasteiger partial charge in [0.05, 0.1) is 6.10 Å². The molecule has 1 aliphatic rings. The van der Waals surface area contributed by atoms with Crippen LogP contribution in [0.1, 0.15) is 33.1 Å². The number of hydrogen-bond acceptors (Lipinski definition) is 6. The Morgan fingerprint density at radius 3 is 2.68 bits per heavy atom. The molecule has 2 rings (SSSR count). The Morgan fingerprint density at radius 2 is 2.09 bits per heavy atom. The second-order valence-electron chi connectivity index (χ2n) is 5.75. The van der Waals surface area contributed by atoms with Crippen LogP contribution in [0.3, 0.4) is 0 Å². The minimum atomic E-state index is -3.54. The monoisotopic (exact) mass is 328 g/mol. The summed E-state index contributed by atoms with van der Waals surface area (Å²) < 4.78 is 32.0. The van der Waals surface area contributed by atoms with Crippen LogP contribution >= 0.6 is 0 Å². The maximum atomic E-state index is 12.0. The molecular formula is C14H24N4O3S. The molecule has 1 heterocycles. The minimum absolute atomic E-state index is 0.0400. The minimum Gasteiger partial charge on any atom is -0.379 e. The van der Waals surface area contributed by atoms with Crippen molar-refractivity contribution < 1.29 is 13.2 Å². The van der Waals surface area contributed by atoms with E-state index in [1.54, 1.807) is 6.07 Å². The lowest BCUT2D eigenvalue weighted by atomic mass is 10.4. The maximum Gasteiger partial charge on any atom is 0.259 e. The molecule has 1 saturated carbocycles. The molecule has 0 amide bonds. The molecule has 0 aliphatic heterocycles. The molecular weight excluding hydrogens is 304 g/mol. The number of nitrogens with zero attached hydrogens (tertiary/aromatic N) is 2. The summed E-state index contributed by atoms with van der Waals surface area (Å²) in [5.74, 6) is 1.04. The van der Waals surface area contributed by atoms with Gasteiger partial charge >= 0.3 is 0 Å². The SMILES string of the molecule is CC(C)OCCCNc1ccc(S(=O)(=O)NCC2CC2)nn1. The van der Waals surface area contributed by atoms with Crippen molar-refractivity contribution >= 4 is 15.8 Å². The van der Waals surface area contributed by atoms with Gasteiger partial charge in [-0.25, -0.2) is 13.1 Å². The molecule has 1 fully saturated rings. The highest BCUT2D eigenvalue weighted by Gasteiger charge is 2.25. The number of anilines is 1. The lowest BCUT2D eigenvalue weighted by Gasteiger charge is -2.09. The molecule has 2 N–H and O–H groups in total. The molecule has 0 spiro atoms. The van der Waals surface area contributed by atoms with Crippen molar-refractivity contribution in [1.29, 1.82) is 0 Å². The van der Waals surface area contributed by atoms with E-state index in [4.69, 9.17) is 4.74 Å². The van der Waals surface area contributed by atoms with Crippen LogP contribution in [0.2, 0.25) is 0 Å². The summed E-state index contributed by atoms with van der Waals surface area (Å²) in [5.41, 5.74) is 0. The quantitative estimate of drug-likeness (QED) is 0.631. The Hall–Kier alpha value is -1.25. The van der Waals surface area contributed by atoms with Gasteiger partial charge in [0.15, 0.2) is 5.03 Å². The Morgan fingerprint density at radius 1 is 1.32 bits per heavy atom. The zero-order valence-electron chi connectivity index (χ0n) is 13.1. The summed E-state index contributed by atoms with van der Waals surface area (Å²) >= 11 is 0. The van der Waals surface area contributed by atoms with E-state index in [0.29, 0.717) is 31.4 Å². The Labute approximate surface area is 131 Å². The van der Waals surface area contributed by atoms with Gasteiger partial charge in [0.25, 0.3) is 10.0 Å². The van der Waals surface area contributed by atoms with Gasteiger partial charge in [0.1, 0.15) is 5.82 Å². The molecule has 124 valence electrons. The molecule has 1 aliphatic carbocycles. The molecule has 7 nitrogen and oxygen atoms in total. The summed E-state index contributed by atoms with van der Waals surface area (Å²) in [6.07, 6.45) is 3.27. The molecule has 1 aromatic rings. The van der Waals surface area contributed by atoms with E-state index in [1.807, 2.05) is 13.8 Å². The smallest absolute Gasteiger partial charge is 0.259 e. The summed E-state index contributed by atoms with van der Waals surface area (Å²) in [6.45, 7) is 5.85. The van der Waals surface area contributed by atoms with Crippen molar-refractivity contribution in [2.45, 2.75) is 44.2 Å². The molecule has 8 heteroatoms. The van der Waals surface area contributed by atoms with Crippen molar-refractivity contribution in [3.63, 3.8) is 0 Å². The molecule has 0 saturated heterocycles. The fourth-order valence-corrected chi connectivity index (χ4v) is 2.79. The van der Waals surface area contributed by atoms with Gasteiger partial charge in [0.2, 0.25) is 0 Å². The number of sulfonamides is 1. The topological polar surface area (TPSA) is 93.2 Å². The van der Waals surface area contributed by atoms with E-state index in [-0.39, 0.29) is 11.1 Å². The second kappa shape index (κ2) is 7.85. The first-order valence-electron chi connectivity index (χ1n) is 7.66. The van der Waals surface area contributed by atoms with Crippen LogP contribution in [0.15, 0.2) is 17.2 Å². The van der Waals surface area contributed by atoms with Crippen LogP contribution in [0.4, 0.5) is 5.82 Å². The van der Waals surface area contributed by atoms with Crippen molar-refractivity contribution in [3.8, 4) is 0 Å². The van der Waals surface area contributed by atoms with Crippen molar-refractivity contribution in [3.05, 3.63) is 12.1 Å². The standard InChI is InChI=1S/C14H24N4O3S/c1-11(2)21-9-3-8-15-13-6-7-14(18-17-13)22(19,20)16-10-12-4-5-12/h6-7,11-12,16H,3-5,8-10H2,1-2H3,(H,15,17). The van der Waals surface area contributed by atoms with E-state index in [0.717, 1.165) is 19.3 Å². The Kier molecular flexibility index (Phi) is 6.10. The third-order valence-electron chi connectivity index (χ3n) is 3.25. The summed E-state index contributed by atoms with van der Waals surface area (Å²) in [5, 5.41) is 10.7. The lowest BCUT2D eigenvalue weighted by molar-refractivity contribution is 0.0787. The summed E-state index contributed by atoms with van der Waals surface area (Å²) in [4.78, 5) is 0. The van der Waals surface area contributed by atoms with Crippen LogP contribution in [0.5, 0.6) is 0 Å². The van der Waals surface area contributed by atoms with Crippen LogP contribution in [0, 0.1) is 5.92 Å². The normalized spacial score (nSPS) is 15.2. The van der Waals surface area contributed by atoms with Crippen LogP contribution in [-0.4, -0.2) is 44.4 Å². The number of hydrogen-bond donors (Lipinski definition) is 2. The first kappa shape index (κ1) is 17.1. The average Bonchev–Trinajstić information content (AvgIpc) is 3.29. The molecule has 0 radical (unpaired) electrons. The van der Waals surface area contributed by atoms with Crippen molar-refractivity contribution in [1.82, 2.24) is 14.9 Å². The predicted molar refractivity (Wildman–Crippen MR) is 84.1 cm³/mol. The van der Waals surface area contributed by atoms with E-state index >= 15 is 0 Å². The number of rotatable bonds is 10. The molecule has 1 aromatic heterocycles. The number of aromatic nitrogens is 2. The van der Waals surface area contributed by atoms with Gasteiger partial charge in [-0.15, -0.1) is 10.2 Å². The van der Waals surface area contributed by atoms with Crippen molar-refractivity contribution in [2.75, 3.05) is 25.0 Å². The molecule has 0 bridgehead atoms. The predicted octanol–water partition coefficient (Wildman–Crippen LogP) is 1.39. The zero-order chi connectivity index (χ0) is 16.0. The first-order valence-corrected chi connectivity index (χ1v) is 9.14. The highest BCUT2D eigenvalue weighted by atomic mass is 32.2. The van der Waals surface area contributed by atoms with Gasteiger partial charge in [-0.2, -0.15) is 0 Å².